The molecule has 1 aliphatic carbocycles. The lowest BCUT2D eigenvalue weighted by molar-refractivity contribution is -0.122. The Labute approximate surface area is 158 Å². The molecule has 1 saturated carbocycles. The highest BCUT2D eigenvalue weighted by molar-refractivity contribution is 6.30. The van der Waals surface area contributed by atoms with E-state index >= 15 is 0 Å². The highest BCUT2D eigenvalue weighted by Crippen LogP contribution is 2.23. The van der Waals surface area contributed by atoms with Gasteiger partial charge in [0.25, 0.3) is 5.56 Å². The van der Waals surface area contributed by atoms with Crippen molar-refractivity contribution in [2.45, 2.75) is 51.6 Å². The van der Waals surface area contributed by atoms with Crippen LogP contribution in [0.25, 0.3) is 11.3 Å². The second-order valence-electron chi connectivity index (χ2n) is 6.97. The molecule has 2 aromatic rings. The van der Waals surface area contributed by atoms with Gasteiger partial charge in [0.05, 0.1) is 12.2 Å². The summed E-state index contributed by atoms with van der Waals surface area (Å²) in [6, 6.07) is 10.7. The zero-order valence-electron chi connectivity index (χ0n) is 15.0. The minimum atomic E-state index is -0.207. The monoisotopic (exact) mass is 373 g/mol. The first-order valence-electron chi connectivity index (χ1n) is 9.16. The number of nitrogens with one attached hydrogen (secondary N) is 1. The molecule has 1 N–H and O–H groups in total. The standard InChI is InChI=1S/C20H24ClN3O2/c1-14-4-2-3-5-17(14)22-19(25)12-13-24-20(26)11-10-18(23-24)15-6-8-16(21)9-7-15/h6-11,14,17H,2-5,12-13H2,1H3,(H,22,25)/t14-,17-/m1/s1. The van der Waals surface area contributed by atoms with Crippen molar-refractivity contribution in [3.63, 3.8) is 0 Å². The molecule has 0 spiro atoms. The number of aryl methyl sites for hydroxylation is 1. The van der Waals surface area contributed by atoms with Crippen LogP contribution in [0.15, 0.2) is 41.2 Å². The molecule has 138 valence electrons. The van der Waals surface area contributed by atoms with Crippen LogP contribution in [0.2, 0.25) is 5.02 Å². The van der Waals surface area contributed by atoms with E-state index in [4.69, 9.17) is 11.6 Å². The van der Waals surface area contributed by atoms with Gasteiger partial charge in [-0.15, -0.1) is 0 Å². The average Bonchev–Trinajstić information content (AvgIpc) is 2.64. The molecule has 0 bridgehead atoms. The molecule has 1 aromatic carbocycles. The summed E-state index contributed by atoms with van der Waals surface area (Å²) in [5, 5.41) is 8.15. The second-order valence-corrected chi connectivity index (χ2v) is 7.41. The van der Waals surface area contributed by atoms with Gasteiger partial charge < -0.3 is 5.32 Å². The Morgan fingerprint density at radius 2 is 1.92 bits per heavy atom. The number of rotatable bonds is 5. The Bertz CT molecular complexity index is 817. The predicted octanol–water partition coefficient (Wildman–Crippen LogP) is 3.65. The molecule has 1 aromatic heterocycles. The van der Waals surface area contributed by atoms with Crippen molar-refractivity contribution in [1.29, 1.82) is 0 Å². The zero-order chi connectivity index (χ0) is 18.5. The van der Waals surface area contributed by atoms with E-state index in [1.807, 2.05) is 12.1 Å². The van der Waals surface area contributed by atoms with Crippen molar-refractivity contribution in [3.8, 4) is 11.3 Å². The smallest absolute Gasteiger partial charge is 0.266 e. The Hall–Kier alpha value is -2.14. The van der Waals surface area contributed by atoms with Crippen LogP contribution < -0.4 is 10.9 Å². The molecule has 1 fully saturated rings. The van der Waals surface area contributed by atoms with E-state index in [0.29, 0.717) is 16.6 Å². The van der Waals surface area contributed by atoms with Crippen LogP contribution in [0.3, 0.4) is 0 Å². The number of carbonyl (C=O) groups excluding carboxylic acids is 1. The Morgan fingerprint density at radius 3 is 2.65 bits per heavy atom. The Kier molecular flexibility index (Phi) is 6.09. The Morgan fingerprint density at radius 1 is 1.19 bits per heavy atom. The number of carbonyl (C=O) groups is 1. The summed E-state index contributed by atoms with van der Waals surface area (Å²) < 4.78 is 1.35. The first kappa shape index (κ1) is 18.6. The molecular formula is C20H24ClN3O2. The van der Waals surface area contributed by atoms with Gasteiger partial charge in [-0.1, -0.05) is 43.5 Å². The van der Waals surface area contributed by atoms with E-state index < -0.39 is 0 Å². The molecular weight excluding hydrogens is 350 g/mol. The van der Waals surface area contributed by atoms with E-state index in [1.54, 1.807) is 18.2 Å². The van der Waals surface area contributed by atoms with Gasteiger partial charge >= 0.3 is 0 Å². The predicted molar refractivity (Wildman–Crippen MR) is 103 cm³/mol. The van der Waals surface area contributed by atoms with Crippen molar-refractivity contribution < 1.29 is 4.79 Å². The first-order valence-corrected chi connectivity index (χ1v) is 9.54. The molecule has 0 radical (unpaired) electrons. The highest BCUT2D eigenvalue weighted by Gasteiger charge is 2.22. The van der Waals surface area contributed by atoms with Crippen LogP contribution >= 0.6 is 11.6 Å². The molecule has 0 aliphatic heterocycles. The van der Waals surface area contributed by atoms with Crippen LogP contribution in [0.4, 0.5) is 0 Å². The summed E-state index contributed by atoms with van der Waals surface area (Å²) in [6.45, 7) is 2.46. The molecule has 3 rings (SSSR count). The summed E-state index contributed by atoms with van der Waals surface area (Å²) in [6.07, 6.45) is 4.86. The maximum Gasteiger partial charge on any atom is 0.266 e. The fourth-order valence-electron chi connectivity index (χ4n) is 3.40. The lowest BCUT2D eigenvalue weighted by atomic mass is 9.86. The Balaban J connectivity index is 1.64. The van der Waals surface area contributed by atoms with Crippen LogP contribution in [0.5, 0.6) is 0 Å². The third kappa shape index (κ3) is 4.73. The van der Waals surface area contributed by atoms with Gasteiger partial charge in [0.1, 0.15) is 0 Å². The quantitative estimate of drug-likeness (QED) is 0.870. The van der Waals surface area contributed by atoms with Crippen LogP contribution in [0.1, 0.15) is 39.0 Å². The van der Waals surface area contributed by atoms with E-state index in [2.05, 4.69) is 17.3 Å². The van der Waals surface area contributed by atoms with Crippen molar-refractivity contribution >= 4 is 17.5 Å². The van der Waals surface area contributed by atoms with Crippen molar-refractivity contribution in [1.82, 2.24) is 15.1 Å². The SMILES string of the molecule is C[C@@H]1CCCC[C@H]1NC(=O)CCn1nc(-c2ccc(Cl)cc2)ccc1=O. The number of hydrogen-bond donors (Lipinski definition) is 1. The van der Waals surface area contributed by atoms with Gasteiger partial charge in [0.2, 0.25) is 5.91 Å². The molecule has 5 nitrogen and oxygen atoms in total. The minimum absolute atomic E-state index is 0.0191. The van der Waals surface area contributed by atoms with Gasteiger partial charge in [-0.2, -0.15) is 5.10 Å². The van der Waals surface area contributed by atoms with E-state index in [-0.39, 0.29) is 30.5 Å². The maximum atomic E-state index is 12.3. The van der Waals surface area contributed by atoms with Crippen molar-refractivity contribution in [2.75, 3.05) is 0 Å². The van der Waals surface area contributed by atoms with Gasteiger partial charge in [-0.3, -0.25) is 9.59 Å². The van der Waals surface area contributed by atoms with Gasteiger partial charge in [0.15, 0.2) is 0 Å². The van der Waals surface area contributed by atoms with Gasteiger partial charge in [-0.25, -0.2) is 4.68 Å². The average molecular weight is 374 g/mol. The number of hydrogen-bond acceptors (Lipinski definition) is 3. The van der Waals surface area contributed by atoms with Crippen molar-refractivity contribution in [2.24, 2.45) is 5.92 Å². The van der Waals surface area contributed by atoms with E-state index in [1.165, 1.54) is 23.6 Å². The van der Waals surface area contributed by atoms with Crippen LogP contribution in [-0.4, -0.2) is 21.7 Å². The number of halogens is 1. The largest absolute Gasteiger partial charge is 0.353 e. The summed E-state index contributed by atoms with van der Waals surface area (Å²) in [5.74, 6) is 0.496. The summed E-state index contributed by atoms with van der Waals surface area (Å²) in [4.78, 5) is 24.3. The second kappa shape index (κ2) is 8.49. The lowest BCUT2D eigenvalue weighted by Gasteiger charge is -2.29. The minimum Gasteiger partial charge on any atom is -0.353 e. The number of nitrogens with zero attached hydrogens (tertiary/aromatic N) is 2. The van der Waals surface area contributed by atoms with Crippen molar-refractivity contribution in [3.05, 3.63) is 51.8 Å². The van der Waals surface area contributed by atoms with E-state index in [9.17, 15) is 9.59 Å². The fourth-order valence-corrected chi connectivity index (χ4v) is 3.53. The lowest BCUT2D eigenvalue weighted by Crippen LogP contribution is -2.41. The molecule has 2 atom stereocenters. The molecule has 0 unspecified atom stereocenters. The number of aromatic nitrogens is 2. The number of benzene rings is 1. The molecule has 1 amide bonds. The zero-order valence-corrected chi connectivity index (χ0v) is 15.7. The topological polar surface area (TPSA) is 64.0 Å². The van der Waals surface area contributed by atoms with Gasteiger partial charge in [0, 0.05) is 29.1 Å². The molecule has 26 heavy (non-hydrogen) atoms. The molecule has 6 heteroatoms. The third-order valence-electron chi connectivity index (χ3n) is 5.02. The van der Waals surface area contributed by atoms with Crippen LogP contribution in [-0.2, 0) is 11.3 Å². The number of amides is 1. The molecule has 1 aliphatic rings. The third-order valence-corrected chi connectivity index (χ3v) is 5.27. The first-order chi connectivity index (χ1) is 12.5. The molecule has 0 saturated heterocycles. The maximum absolute atomic E-state index is 12.3. The highest BCUT2D eigenvalue weighted by atomic mass is 35.5. The van der Waals surface area contributed by atoms with Crippen LogP contribution in [0, 0.1) is 5.92 Å². The van der Waals surface area contributed by atoms with E-state index in [0.717, 1.165) is 18.4 Å². The fraction of sp³-hybridized carbons (Fsp3) is 0.450. The summed E-state index contributed by atoms with van der Waals surface area (Å²) in [5.41, 5.74) is 1.35. The van der Waals surface area contributed by atoms with Gasteiger partial charge in [-0.05, 0) is 37.0 Å². The summed E-state index contributed by atoms with van der Waals surface area (Å²) in [7, 11) is 0. The normalized spacial score (nSPS) is 19.9. The molecule has 1 heterocycles. The summed E-state index contributed by atoms with van der Waals surface area (Å²) >= 11 is 5.91.